The average molecular weight is 292 g/mol. The van der Waals surface area contributed by atoms with E-state index in [2.05, 4.69) is 57.0 Å². The summed E-state index contributed by atoms with van der Waals surface area (Å²) in [5, 5.41) is 0.0635. The molecule has 0 saturated heterocycles. The minimum absolute atomic E-state index is 0.0635. The molecule has 1 aromatic carbocycles. The second-order valence-electron chi connectivity index (χ2n) is 2.86. The molecule has 3 heteroatoms. The van der Waals surface area contributed by atoms with Crippen molar-refractivity contribution in [2.75, 3.05) is 0 Å². The maximum Gasteiger partial charge on any atom is 0.169 e. The van der Waals surface area contributed by atoms with E-state index in [9.17, 15) is 0 Å². The van der Waals surface area contributed by atoms with Crippen molar-refractivity contribution in [1.29, 1.82) is 0 Å². The number of ether oxygens (including phenoxy) is 1. The average Bonchev–Trinajstić information content (AvgIpc) is 2.32. The lowest BCUT2D eigenvalue weighted by Gasteiger charge is -2.04. The van der Waals surface area contributed by atoms with Crippen molar-refractivity contribution in [2.24, 2.45) is 0 Å². The van der Waals surface area contributed by atoms with Crippen LogP contribution in [0.25, 0.3) is 0 Å². The standard InChI is InChI=1S/C9H8Br2O/c1-5-3-2-4-6-7(10)9(11)12-8(5)6/h2-4,7,9H,1H3. The molecule has 0 spiro atoms. The molecular weight excluding hydrogens is 284 g/mol. The van der Waals surface area contributed by atoms with Crippen LogP contribution in [0.3, 0.4) is 0 Å². The number of rotatable bonds is 0. The monoisotopic (exact) mass is 290 g/mol. The molecule has 1 aliphatic heterocycles. The Morgan fingerprint density at radius 1 is 1.33 bits per heavy atom. The lowest BCUT2D eigenvalue weighted by atomic mass is 10.1. The molecule has 1 aromatic rings. The molecule has 2 rings (SSSR count). The van der Waals surface area contributed by atoms with Crippen molar-refractivity contribution in [3.63, 3.8) is 0 Å². The molecule has 2 unspecified atom stereocenters. The molecule has 0 amide bonds. The molecule has 0 aliphatic carbocycles. The van der Waals surface area contributed by atoms with Gasteiger partial charge in [-0.05, 0) is 28.4 Å². The topological polar surface area (TPSA) is 9.23 Å². The number of hydrogen-bond donors (Lipinski definition) is 0. The molecule has 64 valence electrons. The highest BCUT2D eigenvalue weighted by molar-refractivity contribution is 9.12. The highest BCUT2D eigenvalue weighted by Gasteiger charge is 2.30. The molecule has 1 heterocycles. The summed E-state index contributed by atoms with van der Waals surface area (Å²) >= 11 is 7.01. The first-order valence-corrected chi connectivity index (χ1v) is 5.57. The summed E-state index contributed by atoms with van der Waals surface area (Å²) in [6.45, 7) is 2.06. The van der Waals surface area contributed by atoms with Gasteiger partial charge in [0.05, 0.1) is 4.83 Å². The molecule has 0 aromatic heterocycles. The van der Waals surface area contributed by atoms with Crippen LogP contribution in [0, 0.1) is 6.92 Å². The van der Waals surface area contributed by atoms with Gasteiger partial charge in [-0.2, -0.15) is 0 Å². The third-order valence-electron chi connectivity index (χ3n) is 2.00. The molecule has 0 saturated carbocycles. The Morgan fingerprint density at radius 2 is 2.08 bits per heavy atom. The van der Waals surface area contributed by atoms with Crippen LogP contribution in [0.2, 0.25) is 0 Å². The minimum atomic E-state index is 0.0635. The van der Waals surface area contributed by atoms with E-state index < -0.39 is 0 Å². The number of fused-ring (bicyclic) bond motifs is 1. The SMILES string of the molecule is Cc1cccc2c1OC(Br)C2Br. The largest absolute Gasteiger partial charge is 0.477 e. The van der Waals surface area contributed by atoms with Crippen LogP contribution in [0.4, 0.5) is 0 Å². The van der Waals surface area contributed by atoms with Crippen molar-refractivity contribution in [3.05, 3.63) is 29.3 Å². The second kappa shape index (κ2) is 3.04. The van der Waals surface area contributed by atoms with Gasteiger partial charge >= 0.3 is 0 Å². The van der Waals surface area contributed by atoms with Gasteiger partial charge in [0, 0.05) is 5.56 Å². The van der Waals surface area contributed by atoms with Gasteiger partial charge < -0.3 is 4.74 Å². The summed E-state index contributed by atoms with van der Waals surface area (Å²) in [5.74, 6) is 1.02. The second-order valence-corrected chi connectivity index (χ2v) is 4.75. The molecule has 0 bridgehead atoms. The molecular formula is C9H8Br2O. The summed E-state index contributed by atoms with van der Waals surface area (Å²) in [6, 6.07) is 6.20. The Morgan fingerprint density at radius 3 is 2.75 bits per heavy atom. The lowest BCUT2D eigenvalue weighted by molar-refractivity contribution is 0.327. The van der Waals surface area contributed by atoms with E-state index in [4.69, 9.17) is 4.74 Å². The Kier molecular flexibility index (Phi) is 2.17. The third kappa shape index (κ3) is 1.19. The highest BCUT2D eigenvalue weighted by atomic mass is 79.9. The van der Waals surface area contributed by atoms with Gasteiger partial charge in [0.15, 0.2) is 5.01 Å². The van der Waals surface area contributed by atoms with E-state index in [1.54, 1.807) is 0 Å². The minimum Gasteiger partial charge on any atom is -0.477 e. The zero-order chi connectivity index (χ0) is 8.72. The van der Waals surface area contributed by atoms with Gasteiger partial charge in [0.2, 0.25) is 0 Å². The maximum atomic E-state index is 5.62. The van der Waals surface area contributed by atoms with Crippen molar-refractivity contribution in [3.8, 4) is 5.75 Å². The zero-order valence-electron chi connectivity index (χ0n) is 6.55. The van der Waals surface area contributed by atoms with Crippen LogP contribution in [-0.2, 0) is 0 Å². The predicted octanol–water partition coefficient (Wildman–Crippen LogP) is 3.54. The summed E-state index contributed by atoms with van der Waals surface area (Å²) in [5.41, 5.74) is 2.43. The Labute approximate surface area is 88.4 Å². The normalized spacial score (nSPS) is 26.6. The first-order valence-electron chi connectivity index (χ1n) is 3.74. The summed E-state index contributed by atoms with van der Waals surface area (Å²) in [4.78, 5) is 0.271. The molecule has 1 nitrogen and oxygen atoms in total. The summed E-state index contributed by atoms with van der Waals surface area (Å²) in [7, 11) is 0. The van der Waals surface area contributed by atoms with Gasteiger partial charge in [0.25, 0.3) is 0 Å². The van der Waals surface area contributed by atoms with Crippen molar-refractivity contribution < 1.29 is 4.74 Å². The van der Waals surface area contributed by atoms with Gasteiger partial charge in [-0.3, -0.25) is 0 Å². The fourth-order valence-corrected chi connectivity index (χ4v) is 2.31. The molecule has 1 aliphatic rings. The summed E-state index contributed by atoms with van der Waals surface area (Å²) < 4.78 is 5.62. The molecule has 0 N–H and O–H groups in total. The molecule has 2 atom stereocenters. The van der Waals surface area contributed by atoms with Crippen LogP contribution in [-0.4, -0.2) is 5.01 Å². The van der Waals surface area contributed by atoms with E-state index in [-0.39, 0.29) is 9.84 Å². The third-order valence-corrected chi connectivity index (χ3v) is 4.40. The van der Waals surface area contributed by atoms with E-state index in [1.807, 2.05) is 0 Å². The number of alkyl halides is 2. The molecule has 12 heavy (non-hydrogen) atoms. The predicted molar refractivity (Wildman–Crippen MR) is 56.2 cm³/mol. The fraction of sp³-hybridized carbons (Fsp3) is 0.333. The van der Waals surface area contributed by atoms with Crippen LogP contribution in [0.5, 0.6) is 5.75 Å². The van der Waals surface area contributed by atoms with Crippen LogP contribution in [0.15, 0.2) is 18.2 Å². The van der Waals surface area contributed by atoms with Crippen LogP contribution >= 0.6 is 31.9 Å². The number of para-hydroxylation sites is 1. The first kappa shape index (κ1) is 8.57. The van der Waals surface area contributed by atoms with E-state index >= 15 is 0 Å². The number of halogens is 2. The maximum absolute atomic E-state index is 5.62. The first-order chi connectivity index (χ1) is 5.70. The van der Waals surface area contributed by atoms with Crippen molar-refractivity contribution >= 4 is 31.9 Å². The van der Waals surface area contributed by atoms with Crippen molar-refractivity contribution in [1.82, 2.24) is 0 Å². The van der Waals surface area contributed by atoms with Gasteiger partial charge in [-0.25, -0.2) is 0 Å². The number of benzene rings is 1. The Bertz CT molecular complexity index is 311. The van der Waals surface area contributed by atoms with Crippen LogP contribution in [0.1, 0.15) is 16.0 Å². The summed E-state index contributed by atoms with van der Waals surface area (Å²) in [6.07, 6.45) is 0. The smallest absolute Gasteiger partial charge is 0.169 e. The highest BCUT2D eigenvalue weighted by Crippen LogP contribution is 2.45. The number of aryl methyl sites for hydroxylation is 1. The van der Waals surface area contributed by atoms with Gasteiger partial charge in [0.1, 0.15) is 5.75 Å². The zero-order valence-corrected chi connectivity index (χ0v) is 9.72. The van der Waals surface area contributed by atoms with Gasteiger partial charge in [-0.1, -0.05) is 34.1 Å². The lowest BCUT2D eigenvalue weighted by Crippen LogP contribution is -2.03. The fourth-order valence-electron chi connectivity index (χ4n) is 1.37. The molecule has 0 fully saturated rings. The van der Waals surface area contributed by atoms with Crippen molar-refractivity contribution in [2.45, 2.75) is 16.8 Å². The number of hydrogen-bond acceptors (Lipinski definition) is 1. The van der Waals surface area contributed by atoms with Crippen LogP contribution < -0.4 is 4.74 Å². The molecule has 0 radical (unpaired) electrons. The van der Waals surface area contributed by atoms with Gasteiger partial charge in [-0.15, -0.1) is 0 Å². The van der Waals surface area contributed by atoms with E-state index in [0.29, 0.717) is 0 Å². The Hall–Kier alpha value is -0.0200. The van der Waals surface area contributed by atoms with E-state index in [0.717, 1.165) is 5.75 Å². The Balaban J connectivity index is 2.53. The van der Waals surface area contributed by atoms with E-state index in [1.165, 1.54) is 11.1 Å². The quantitative estimate of drug-likeness (QED) is 0.664.